The number of halogens is 1. The summed E-state index contributed by atoms with van der Waals surface area (Å²) in [6, 6.07) is 9.77. The van der Waals surface area contributed by atoms with E-state index in [9.17, 15) is 0 Å². The average molecular weight is 195 g/mol. The van der Waals surface area contributed by atoms with E-state index >= 15 is 0 Å². The van der Waals surface area contributed by atoms with Gasteiger partial charge in [0.25, 0.3) is 6.47 Å². The summed E-state index contributed by atoms with van der Waals surface area (Å²) in [5.74, 6) is 1.56. The van der Waals surface area contributed by atoms with Crippen molar-refractivity contribution in [2.75, 3.05) is 0 Å². The maximum Gasteiger partial charge on any atom is 1.00 e. The Labute approximate surface area is 98.8 Å². The zero-order valence-corrected chi connectivity index (χ0v) is 9.53. The van der Waals surface area contributed by atoms with Gasteiger partial charge in [-0.25, -0.2) is 0 Å². The Bertz CT molecular complexity index is 192. The summed E-state index contributed by atoms with van der Waals surface area (Å²) in [6.07, 6.45) is 0. The molecule has 0 bridgehead atoms. The van der Waals surface area contributed by atoms with Crippen LogP contribution in [0.2, 0.25) is 0 Å². The first-order valence-corrected chi connectivity index (χ1v) is 3.35. The molecule has 60 valence electrons. The van der Waals surface area contributed by atoms with Gasteiger partial charge in [0.05, 0.1) is 0 Å². The van der Waals surface area contributed by atoms with E-state index in [-0.39, 0.29) is 36.0 Å². The number of carboxylic acid groups (broad SMARTS) is 1. The third kappa shape index (κ3) is 7.95. The van der Waals surface area contributed by atoms with Gasteiger partial charge < -0.3 is 5.11 Å². The van der Waals surface area contributed by atoms with Crippen LogP contribution in [0.1, 0.15) is 5.56 Å². The van der Waals surface area contributed by atoms with E-state index < -0.39 is 0 Å². The normalized spacial score (nSPS) is 6.75. The predicted molar refractivity (Wildman–Crippen MR) is 44.4 cm³/mol. The van der Waals surface area contributed by atoms with Crippen molar-refractivity contribution in [3.05, 3.63) is 41.8 Å². The van der Waals surface area contributed by atoms with Crippen molar-refractivity contribution in [3.8, 4) is 0 Å². The molecule has 1 rings (SSSR count). The number of hydrogen-bond donors (Lipinski definition) is 1. The molecule has 0 aliphatic carbocycles. The molecule has 0 fully saturated rings. The minimum atomic E-state index is -0.250. The Kier molecular flexibility index (Phi) is 13.0. The van der Waals surface area contributed by atoms with Crippen molar-refractivity contribution in [2.45, 2.75) is 0 Å². The molecule has 1 N–H and O–H groups in total. The van der Waals surface area contributed by atoms with E-state index in [1.165, 1.54) is 0 Å². The molecule has 0 aliphatic heterocycles. The second kappa shape index (κ2) is 10.8. The summed E-state index contributed by atoms with van der Waals surface area (Å²) >= 11 is 5.40. The summed E-state index contributed by atoms with van der Waals surface area (Å²) in [4.78, 5) is 8.36. The van der Waals surface area contributed by atoms with Crippen molar-refractivity contribution < 1.29 is 39.5 Å². The average Bonchev–Trinajstić information content (AvgIpc) is 2.08. The summed E-state index contributed by atoms with van der Waals surface area (Å²) < 4.78 is 0. The summed E-state index contributed by atoms with van der Waals surface area (Å²) in [5.41, 5.74) is 1.05. The largest absolute Gasteiger partial charge is 1.00 e. The molecule has 4 heteroatoms. The molecule has 0 aliphatic rings. The van der Waals surface area contributed by atoms with Gasteiger partial charge in [-0.2, -0.15) is 29.3 Å². The maximum absolute atomic E-state index is 8.36. The second-order valence-electron chi connectivity index (χ2n) is 1.63. The zero-order chi connectivity index (χ0) is 8.53. The number of hydrogen-bond acceptors (Lipinski definition) is 1. The minimum absolute atomic E-state index is 0. The van der Waals surface area contributed by atoms with Crippen LogP contribution in [0.25, 0.3) is 0 Å². The molecular weight excluding hydrogens is 187 g/mol. The fourth-order valence-electron chi connectivity index (χ4n) is 0.526. The van der Waals surface area contributed by atoms with E-state index in [0.29, 0.717) is 0 Å². The first-order valence-electron chi connectivity index (χ1n) is 2.91. The van der Waals surface area contributed by atoms with Gasteiger partial charge in [-0.05, 0) is 0 Å². The van der Waals surface area contributed by atoms with Crippen LogP contribution >= 0.6 is 11.6 Å². The topological polar surface area (TPSA) is 37.3 Å². The van der Waals surface area contributed by atoms with Crippen LogP contribution in [-0.2, 0) is 4.79 Å². The molecular formula is C8H8ClNaO2. The Morgan fingerprint density at radius 2 is 1.75 bits per heavy atom. The van der Waals surface area contributed by atoms with Gasteiger partial charge >= 0.3 is 29.6 Å². The maximum atomic E-state index is 8.36. The van der Waals surface area contributed by atoms with Gasteiger partial charge in [-0.15, -0.1) is 12.1 Å². The second-order valence-corrected chi connectivity index (χ2v) is 1.84. The fraction of sp³-hybridized carbons (Fsp3) is 0. The Balaban J connectivity index is 0. The van der Waals surface area contributed by atoms with Crippen molar-refractivity contribution in [1.29, 1.82) is 0 Å². The Hall–Kier alpha value is -0.150. The number of rotatable bonds is 1. The van der Waals surface area contributed by atoms with Crippen LogP contribution in [0.5, 0.6) is 0 Å². The van der Waals surface area contributed by atoms with Gasteiger partial charge in [0.2, 0.25) is 0 Å². The van der Waals surface area contributed by atoms with E-state index in [2.05, 4.69) is 0 Å². The zero-order valence-electron chi connectivity index (χ0n) is 6.77. The van der Waals surface area contributed by atoms with Crippen molar-refractivity contribution in [1.82, 2.24) is 0 Å². The molecule has 1 aromatic carbocycles. The number of carbonyl (C=O) groups is 1. The molecule has 0 atom stereocenters. The van der Waals surface area contributed by atoms with E-state index in [1.54, 1.807) is 5.88 Å². The van der Waals surface area contributed by atoms with Gasteiger partial charge in [0.1, 0.15) is 0 Å². The standard InChI is InChI=1S/C7H6Cl.CH2O2.Na/c8-6-7-4-2-1-3-5-7;2-1-3;/h1-6H;1H,(H,2,3);/q-1;;+1. The van der Waals surface area contributed by atoms with Crippen LogP contribution in [0, 0.1) is 5.88 Å². The number of benzene rings is 1. The van der Waals surface area contributed by atoms with E-state index in [0.717, 1.165) is 5.56 Å². The third-order valence-corrected chi connectivity index (χ3v) is 1.18. The Morgan fingerprint density at radius 1 is 1.33 bits per heavy atom. The van der Waals surface area contributed by atoms with Crippen molar-refractivity contribution in [3.63, 3.8) is 0 Å². The first-order chi connectivity index (χ1) is 5.35. The van der Waals surface area contributed by atoms with Crippen LogP contribution < -0.4 is 29.6 Å². The van der Waals surface area contributed by atoms with E-state index in [4.69, 9.17) is 21.5 Å². The van der Waals surface area contributed by atoms with Crippen LogP contribution in [0.4, 0.5) is 0 Å². The first kappa shape index (κ1) is 14.4. The SMILES string of the molecule is Cl[CH-]c1ccccc1.O=CO.[Na+]. The summed E-state index contributed by atoms with van der Waals surface area (Å²) in [5, 5.41) is 6.89. The molecule has 0 saturated carbocycles. The summed E-state index contributed by atoms with van der Waals surface area (Å²) in [7, 11) is 0. The minimum Gasteiger partial charge on any atom is -0.483 e. The third-order valence-electron chi connectivity index (χ3n) is 0.926. The molecule has 0 radical (unpaired) electrons. The molecule has 0 aromatic heterocycles. The van der Waals surface area contributed by atoms with Crippen LogP contribution in [-0.4, -0.2) is 11.6 Å². The molecule has 2 nitrogen and oxygen atoms in total. The van der Waals surface area contributed by atoms with Gasteiger partial charge in [0.15, 0.2) is 0 Å². The fourth-order valence-corrected chi connectivity index (χ4v) is 0.671. The quantitative estimate of drug-likeness (QED) is 0.359. The van der Waals surface area contributed by atoms with E-state index in [1.807, 2.05) is 30.3 Å². The van der Waals surface area contributed by atoms with Crippen LogP contribution in [0.3, 0.4) is 0 Å². The van der Waals surface area contributed by atoms with Gasteiger partial charge in [-0.3, -0.25) is 4.79 Å². The molecule has 0 saturated heterocycles. The van der Waals surface area contributed by atoms with Crippen LogP contribution in [0.15, 0.2) is 30.3 Å². The molecule has 0 amide bonds. The molecule has 12 heavy (non-hydrogen) atoms. The van der Waals surface area contributed by atoms with Gasteiger partial charge in [0, 0.05) is 0 Å². The molecule has 0 heterocycles. The molecule has 0 unspecified atom stereocenters. The molecule has 1 aromatic rings. The van der Waals surface area contributed by atoms with Crippen molar-refractivity contribution in [2.24, 2.45) is 0 Å². The van der Waals surface area contributed by atoms with Crippen molar-refractivity contribution >= 4 is 18.1 Å². The Morgan fingerprint density at radius 3 is 2.00 bits per heavy atom. The van der Waals surface area contributed by atoms with Gasteiger partial charge in [-0.1, -0.05) is 11.9 Å². The molecule has 0 spiro atoms. The summed E-state index contributed by atoms with van der Waals surface area (Å²) in [6.45, 7) is -0.250. The smallest absolute Gasteiger partial charge is 0.483 e. The predicted octanol–water partition coefficient (Wildman–Crippen LogP) is -0.860. The monoisotopic (exact) mass is 194 g/mol.